The van der Waals surface area contributed by atoms with E-state index >= 15 is 0 Å². The molecule has 11 aromatic rings. The minimum atomic E-state index is -0.482. The fraction of sp³-hybridized carbons (Fsp3) is 0.158. The Balaban J connectivity index is 0.827. The van der Waals surface area contributed by atoms with Crippen LogP contribution in [0.1, 0.15) is 120 Å². The van der Waals surface area contributed by atoms with E-state index in [9.17, 15) is 0 Å². The molecule has 0 bridgehead atoms. The van der Waals surface area contributed by atoms with Gasteiger partial charge in [-0.2, -0.15) is 0 Å². The molecule has 0 aromatic heterocycles. The Morgan fingerprint density at radius 1 is 0.276 bits per heavy atom. The molecular formula is C76H62. The normalized spacial score (nSPS) is 17.2. The molecule has 0 heteroatoms. The van der Waals surface area contributed by atoms with Gasteiger partial charge in [-0.25, -0.2) is 0 Å². The number of hydrogen-bond acceptors (Lipinski definition) is 0. The highest BCUT2D eigenvalue weighted by Gasteiger charge is 2.48. The molecule has 11 aromatic carbocycles. The van der Waals surface area contributed by atoms with Crippen molar-refractivity contribution >= 4 is 10.8 Å². The van der Waals surface area contributed by atoms with E-state index < -0.39 is 10.8 Å². The van der Waals surface area contributed by atoms with Crippen LogP contribution in [0.25, 0.3) is 44.2 Å². The molecular weight excluding hydrogens is 913 g/mol. The van der Waals surface area contributed by atoms with Crippen molar-refractivity contribution in [3.8, 4) is 33.4 Å². The standard InChI is InChI=1S/C76H62/c1-47-16-28-56(29-17-47)75(68-15-11-8-12-60(68)65-40-49(3)21-38-69(65)75)58-32-22-53(23-33-58)44-55-27-39-70-66(46-55)61-36-20-50(4)41-71(61)76(70,57-30-18-48(2)19-31-57)59-34-24-52(25-35-59)43-54-26-37-62-64(45-54)51(5)42-72-73(62)63-13-9-10-14-67(63)74(72,6)7/h8-42,45-46H,43-44H2,1-7H3. The number of benzene rings is 11. The van der Waals surface area contributed by atoms with Crippen LogP contribution in [0.5, 0.6) is 0 Å². The van der Waals surface area contributed by atoms with Crippen molar-refractivity contribution in [3.63, 3.8) is 0 Å². The van der Waals surface area contributed by atoms with Crippen LogP contribution >= 0.6 is 0 Å². The monoisotopic (exact) mass is 974 g/mol. The third-order valence-electron chi connectivity index (χ3n) is 18.1. The highest BCUT2D eigenvalue weighted by atomic mass is 14.5. The van der Waals surface area contributed by atoms with Crippen LogP contribution in [0.15, 0.2) is 224 Å². The third-order valence-corrected chi connectivity index (χ3v) is 18.1. The first-order chi connectivity index (χ1) is 36.9. The van der Waals surface area contributed by atoms with E-state index in [2.05, 4.69) is 273 Å². The van der Waals surface area contributed by atoms with Crippen LogP contribution in [-0.2, 0) is 29.1 Å². The molecule has 0 saturated carbocycles. The minimum absolute atomic E-state index is 0.0137. The van der Waals surface area contributed by atoms with E-state index in [1.54, 1.807) is 0 Å². The molecule has 0 N–H and O–H groups in total. The number of fused-ring (bicyclic) bond motifs is 11. The van der Waals surface area contributed by atoms with E-state index in [1.807, 2.05) is 0 Å². The Morgan fingerprint density at radius 3 is 1.34 bits per heavy atom. The van der Waals surface area contributed by atoms with Crippen molar-refractivity contribution < 1.29 is 0 Å². The Labute approximate surface area is 449 Å². The van der Waals surface area contributed by atoms with E-state index in [0.717, 1.165) is 12.8 Å². The highest BCUT2D eigenvalue weighted by molar-refractivity contribution is 6.04. The molecule has 2 atom stereocenters. The predicted octanol–water partition coefficient (Wildman–Crippen LogP) is 18.6. The fourth-order valence-electron chi connectivity index (χ4n) is 14.3. The Bertz CT molecular complexity index is 4150. The van der Waals surface area contributed by atoms with Crippen LogP contribution in [0.2, 0.25) is 0 Å². The second-order valence-corrected chi connectivity index (χ2v) is 23.2. The summed E-state index contributed by atoms with van der Waals surface area (Å²) in [4.78, 5) is 0. The van der Waals surface area contributed by atoms with Crippen LogP contribution in [0.4, 0.5) is 0 Å². The number of rotatable bonds is 8. The van der Waals surface area contributed by atoms with Gasteiger partial charge >= 0.3 is 0 Å². The van der Waals surface area contributed by atoms with Gasteiger partial charge in [-0.15, -0.1) is 0 Å². The lowest BCUT2D eigenvalue weighted by Crippen LogP contribution is -2.28. The second-order valence-electron chi connectivity index (χ2n) is 23.2. The smallest absolute Gasteiger partial charge is 0.0619 e. The SMILES string of the molecule is Cc1ccc(C2(c3ccc(Cc4ccc5c(c4)-c4ccc(C)cc4C5(c4ccc(C)cc4)c4ccc(Cc5ccc6c7c(cc(C)c6c5)C(C)(C)c5ccccc5-7)cc4)cc3)c3ccccc3-c3cc(C)ccc32)cc1. The molecule has 2 unspecified atom stereocenters. The maximum Gasteiger partial charge on any atom is 0.0713 e. The van der Waals surface area contributed by atoms with E-state index in [0.29, 0.717) is 0 Å². The molecule has 366 valence electrons. The fourth-order valence-corrected chi connectivity index (χ4v) is 14.3. The van der Waals surface area contributed by atoms with Crippen molar-refractivity contribution in [3.05, 3.63) is 330 Å². The lowest BCUT2D eigenvalue weighted by molar-refractivity contribution is 0.660. The first kappa shape index (κ1) is 46.2. The molecule has 14 rings (SSSR count). The lowest BCUT2D eigenvalue weighted by atomic mass is 9.67. The van der Waals surface area contributed by atoms with E-state index in [1.165, 1.54) is 150 Å². The summed E-state index contributed by atoms with van der Waals surface area (Å²) in [6.45, 7) is 15.9. The molecule has 0 spiro atoms. The summed E-state index contributed by atoms with van der Waals surface area (Å²) in [6.07, 6.45) is 1.71. The summed E-state index contributed by atoms with van der Waals surface area (Å²) in [5.41, 5.74) is 32.4. The minimum Gasteiger partial charge on any atom is -0.0619 e. The van der Waals surface area contributed by atoms with Crippen molar-refractivity contribution in [1.82, 2.24) is 0 Å². The summed E-state index contributed by atoms with van der Waals surface area (Å²) in [5, 5.41) is 2.72. The predicted molar refractivity (Wildman–Crippen MR) is 318 cm³/mol. The largest absolute Gasteiger partial charge is 0.0713 e. The molecule has 3 aliphatic carbocycles. The molecule has 0 nitrogen and oxygen atoms in total. The van der Waals surface area contributed by atoms with Gasteiger partial charge in [0, 0.05) is 5.41 Å². The van der Waals surface area contributed by atoms with Gasteiger partial charge in [0.15, 0.2) is 0 Å². The average Bonchev–Trinajstić information content (AvgIpc) is 4.08. The zero-order chi connectivity index (χ0) is 51.7. The number of aryl methyl sites for hydroxylation is 5. The second kappa shape index (κ2) is 17.1. The molecule has 0 aliphatic heterocycles. The number of hydrogen-bond donors (Lipinski definition) is 0. The Morgan fingerprint density at radius 2 is 0.711 bits per heavy atom. The summed E-state index contributed by atoms with van der Waals surface area (Å²) < 4.78 is 0. The average molecular weight is 975 g/mol. The summed E-state index contributed by atoms with van der Waals surface area (Å²) >= 11 is 0. The summed E-state index contributed by atoms with van der Waals surface area (Å²) in [5.74, 6) is 0. The van der Waals surface area contributed by atoms with Crippen molar-refractivity contribution in [2.75, 3.05) is 0 Å². The van der Waals surface area contributed by atoms with Crippen LogP contribution in [-0.4, -0.2) is 0 Å². The molecule has 3 aliphatic rings. The molecule has 76 heavy (non-hydrogen) atoms. The molecule has 0 saturated heterocycles. The van der Waals surface area contributed by atoms with Gasteiger partial charge in [-0.1, -0.05) is 261 Å². The molecule has 0 radical (unpaired) electrons. The molecule has 0 amide bonds. The van der Waals surface area contributed by atoms with E-state index in [4.69, 9.17) is 0 Å². The van der Waals surface area contributed by atoms with Crippen LogP contribution in [0.3, 0.4) is 0 Å². The summed E-state index contributed by atoms with van der Waals surface area (Å²) in [7, 11) is 0. The topological polar surface area (TPSA) is 0 Å². The first-order valence-electron chi connectivity index (χ1n) is 27.4. The maximum atomic E-state index is 2.50. The lowest BCUT2D eigenvalue weighted by Gasteiger charge is -2.34. The quantitative estimate of drug-likeness (QED) is 0.142. The highest BCUT2D eigenvalue weighted by Crippen LogP contribution is 2.59. The molecule has 0 heterocycles. The van der Waals surface area contributed by atoms with Gasteiger partial charge in [0.25, 0.3) is 0 Å². The molecule has 0 fully saturated rings. The Hall–Kier alpha value is -8.32. The van der Waals surface area contributed by atoms with Gasteiger partial charge in [-0.3, -0.25) is 0 Å². The first-order valence-corrected chi connectivity index (χ1v) is 27.4. The van der Waals surface area contributed by atoms with Crippen LogP contribution in [0, 0.1) is 34.6 Å². The zero-order valence-corrected chi connectivity index (χ0v) is 44.8. The maximum absolute atomic E-state index is 2.50. The van der Waals surface area contributed by atoms with Gasteiger partial charge in [0.2, 0.25) is 0 Å². The zero-order valence-electron chi connectivity index (χ0n) is 44.8. The Kier molecular flexibility index (Phi) is 10.4. The van der Waals surface area contributed by atoms with Gasteiger partial charge < -0.3 is 0 Å². The van der Waals surface area contributed by atoms with E-state index in [-0.39, 0.29) is 5.41 Å². The third kappa shape index (κ3) is 6.76. The van der Waals surface area contributed by atoms with Crippen molar-refractivity contribution in [2.24, 2.45) is 0 Å². The van der Waals surface area contributed by atoms with Gasteiger partial charge in [0.05, 0.1) is 10.8 Å². The summed E-state index contributed by atoms with van der Waals surface area (Å²) in [6, 6.07) is 87.1. The van der Waals surface area contributed by atoms with Crippen LogP contribution < -0.4 is 0 Å². The van der Waals surface area contributed by atoms with Gasteiger partial charge in [0.1, 0.15) is 0 Å². The van der Waals surface area contributed by atoms with Gasteiger partial charge in [-0.05, 0) is 175 Å². The van der Waals surface area contributed by atoms with Crippen molar-refractivity contribution in [2.45, 2.75) is 77.6 Å². The van der Waals surface area contributed by atoms with Crippen molar-refractivity contribution in [1.29, 1.82) is 0 Å².